The van der Waals surface area contributed by atoms with Gasteiger partial charge in [-0.1, -0.05) is 0 Å². The molecule has 1 aromatic carbocycles. The summed E-state index contributed by atoms with van der Waals surface area (Å²) in [4.78, 5) is 16.2. The highest BCUT2D eigenvalue weighted by Crippen LogP contribution is 2.17. The molecule has 0 spiro atoms. The molecule has 0 radical (unpaired) electrons. The summed E-state index contributed by atoms with van der Waals surface area (Å²) < 4.78 is 1.93. The molecule has 6 nitrogen and oxygen atoms in total. The highest BCUT2D eigenvalue weighted by atomic mass is 16.1. The zero-order chi connectivity index (χ0) is 13.4. The summed E-state index contributed by atoms with van der Waals surface area (Å²) in [6, 6.07) is 7.32. The molecule has 6 heteroatoms. The molecule has 0 atom stereocenters. The summed E-state index contributed by atoms with van der Waals surface area (Å²) in [5, 5.41) is 9.47. The summed E-state index contributed by atoms with van der Waals surface area (Å²) in [5.74, 6) is -0.236. The Morgan fingerprint density at radius 3 is 2.95 bits per heavy atom. The Bertz CT molecular complexity index is 755. The van der Waals surface area contributed by atoms with Crippen LogP contribution in [0.4, 0.5) is 5.69 Å². The monoisotopic (exact) mass is 255 g/mol. The number of hydrogen-bond acceptors (Lipinski definition) is 3. The second-order valence-corrected chi connectivity index (χ2v) is 4.45. The van der Waals surface area contributed by atoms with Crippen LogP contribution in [0.15, 0.2) is 30.6 Å². The maximum absolute atomic E-state index is 11.9. The number of amides is 1. The molecule has 0 saturated carbocycles. The Labute approximate surface area is 109 Å². The quantitative estimate of drug-likeness (QED) is 0.733. The van der Waals surface area contributed by atoms with E-state index in [9.17, 15) is 4.79 Å². The number of hydrogen-bond donors (Lipinski definition) is 2. The van der Waals surface area contributed by atoms with E-state index in [0.717, 1.165) is 16.7 Å². The smallest absolute Gasteiger partial charge is 0.276 e. The van der Waals surface area contributed by atoms with E-state index >= 15 is 0 Å². The van der Waals surface area contributed by atoms with Crippen LogP contribution in [0.25, 0.3) is 11.0 Å². The molecule has 0 aliphatic heterocycles. The predicted octanol–water partition coefficient (Wildman–Crippen LogP) is 1.86. The SMILES string of the molecule is Cc1cc(C(=O)Nc2ccc3c(c2)ncn3C)n[nH]1. The van der Waals surface area contributed by atoms with Gasteiger partial charge in [0.1, 0.15) is 0 Å². The summed E-state index contributed by atoms with van der Waals surface area (Å²) in [6.07, 6.45) is 1.74. The topological polar surface area (TPSA) is 75.6 Å². The number of aromatic amines is 1. The van der Waals surface area contributed by atoms with Gasteiger partial charge < -0.3 is 9.88 Å². The largest absolute Gasteiger partial charge is 0.334 e. The van der Waals surface area contributed by atoms with Crippen molar-refractivity contribution in [2.24, 2.45) is 7.05 Å². The van der Waals surface area contributed by atoms with Crippen molar-refractivity contribution < 1.29 is 4.79 Å². The van der Waals surface area contributed by atoms with Crippen molar-refractivity contribution in [1.29, 1.82) is 0 Å². The number of nitrogens with zero attached hydrogens (tertiary/aromatic N) is 3. The number of carbonyl (C=O) groups is 1. The molecule has 0 saturated heterocycles. The average molecular weight is 255 g/mol. The van der Waals surface area contributed by atoms with Crippen LogP contribution < -0.4 is 5.32 Å². The standard InChI is InChI=1S/C13H13N5O/c1-8-5-11(17-16-8)13(19)15-9-3-4-12-10(6-9)14-7-18(12)2/h3-7H,1-2H3,(H,15,19)(H,16,17). The van der Waals surface area contributed by atoms with Crippen molar-refractivity contribution in [1.82, 2.24) is 19.7 Å². The number of fused-ring (bicyclic) bond motifs is 1. The number of H-pyrrole nitrogens is 1. The van der Waals surface area contributed by atoms with Crippen LogP contribution in [-0.4, -0.2) is 25.7 Å². The molecule has 3 aromatic rings. The fourth-order valence-electron chi connectivity index (χ4n) is 1.94. The lowest BCUT2D eigenvalue weighted by molar-refractivity contribution is 0.102. The molecule has 0 fully saturated rings. The summed E-state index contributed by atoms with van der Waals surface area (Å²) in [5.41, 5.74) is 3.80. The minimum absolute atomic E-state index is 0.236. The summed E-state index contributed by atoms with van der Waals surface area (Å²) in [7, 11) is 1.93. The Hall–Kier alpha value is -2.63. The predicted molar refractivity (Wildman–Crippen MR) is 72.0 cm³/mol. The first-order valence-corrected chi connectivity index (χ1v) is 5.88. The lowest BCUT2D eigenvalue weighted by atomic mass is 10.2. The molecular formula is C13H13N5O. The first kappa shape index (κ1) is 11.5. The van der Waals surface area contributed by atoms with Gasteiger partial charge in [-0.05, 0) is 31.2 Å². The first-order chi connectivity index (χ1) is 9.13. The number of imidazole rings is 1. The van der Waals surface area contributed by atoms with E-state index in [4.69, 9.17) is 0 Å². The van der Waals surface area contributed by atoms with E-state index < -0.39 is 0 Å². The molecule has 0 unspecified atom stereocenters. The molecule has 0 aliphatic carbocycles. The van der Waals surface area contributed by atoms with Gasteiger partial charge in [0.15, 0.2) is 5.69 Å². The first-order valence-electron chi connectivity index (χ1n) is 5.88. The van der Waals surface area contributed by atoms with E-state index in [1.807, 2.05) is 36.7 Å². The molecule has 96 valence electrons. The Morgan fingerprint density at radius 2 is 2.21 bits per heavy atom. The average Bonchev–Trinajstić information content (AvgIpc) is 2.97. The van der Waals surface area contributed by atoms with Gasteiger partial charge in [-0.25, -0.2) is 4.98 Å². The number of aromatic nitrogens is 4. The maximum atomic E-state index is 11.9. The van der Waals surface area contributed by atoms with Crippen LogP contribution in [-0.2, 0) is 7.05 Å². The minimum Gasteiger partial charge on any atom is -0.334 e. The molecule has 0 aliphatic rings. The van der Waals surface area contributed by atoms with Gasteiger partial charge >= 0.3 is 0 Å². The molecule has 3 rings (SSSR count). The van der Waals surface area contributed by atoms with Crippen molar-refractivity contribution in [2.45, 2.75) is 6.92 Å². The van der Waals surface area contributed by atoms with Crippen molar-refractivity contribution in [3.05, 3.63) is 42.0 Å². The van der Waals surface area contributed by atoms with E-state index in [1.54, 1.807) is 12.4 Å². The number of rotatable bonds is 2. The maximum Gasteiger partial charge on any atom is 0.276 e. The lowest BCUT2D eigenvalue weighted by Crippen LogP contribution is -2.12. The lowest BCUT2D eigenvalue weighted by Gasteiger charge is -2.03. The molecule has 1 amide bonds. The normalized spacial score (nSPS) is 10.8. The van der Waals surface area contributed by atoms with Crippen LogP contribution in [0.3, 0.4) is 0 Å². The summed E-state index contributed by atoms with van der Waals surface area (Å²) in [6.45, 7) is 1.85. The molecule has 2 heterocycles. The highest BCUT2D eigenvalue weighted by Gasteiger charge is 2.10. The van der Waals surface area contributed by atoms with Gasteiger partial charge in [0.25, 0.3) is 5.91 Å². The van der Waals surface area contributed by atoms with Gasteiger partial charge in [0.2, 0.25) is 0 Å². The third-order valence-corrected chi connectivity index (χ3v) is 2.92. The minimum atomic E-state index is -0.236. The number of anilines is 1. The van der Waals surface area contributed by atoms with E-state index in [2.05, 4.69) is 20.5 Å². The Morgan fingerprint density at radius 1 is 1.37 bits per heavy atom. The number of benzene rings is 1. The highest BCUT2D eigenvalue weighted by molar-refractivity contribution is 6.03. The molecular weight excluding hydrogens is 242 g/mol. The summed E-state index contributed by atoms with van der Waals surface area (Å²) >= 11 is 0. The number of carbonyl (C=O) groups excluding carboxylic acids is 1. The fraction of sp³-hybridized carbons (Fsp3) is 0.154. The van der Waals surface area contributed by atoms with Crippen molar-refractivity contribution in [2.75, 3.05) is 5.32 Å². The third-order valence-electron chi connectivity index (χ3n) is 2.92. The second-order valence-electron chi connectivity index (χ2n) is 4.45. The second kappa shape index (κ2) is 4.24. The van der Waals surface area contributed by atoms with Gasteiger partial charge in [0.05, 0.1) is 17.4 Å². The van der Waals surface area contributed by atoms with Crippen LogP contribution in [0, 0.1) is 6.92 Å². The van der Waals surface area contributed by atoms with Crippen LogP contribution in [0.1, 0.15) is 16.2 Å². The third kappa shape index (κ3) is 2.08. The molecule has 19 heavy (non-hydrogen) atoms. The van der Waals surface area contributed by atoms with Gasteiger partial charge in [-0.15, -0.1) is 0 Å². The van der Waals surface area contributed by atoms with E-state index in [0.29, 0.717) is 11.4 Å². The Balaban J connectivity index is 1.87. The molecule has 2 N–H and O–H groups in total. The fourth-order valence-corrected chi connectivity index (χ4v) is 1.94. The number of aryl methyl sites for hydroxylation is 2. The van der Waals surface area contributed by atoms with Crippen molar-refractivity contribution in [3.8, 4) is 0 Å². The van der Waals surface area contributed by atoms with Crippen molar-refractivity contribution in [3.63, 3.8) is 0 Å². The zero-order valence-corrected chi connectivity index (χ0v) is 10.6. The van der Waals surface area contributed by atoms with Gasteiger partial charge in [-0.2, -0.15) is 5.10 Å². The van der Waals surface area contributed by atoms with E-state index in [-0.39, 0.29) is 5.91 Å². The zero-order valence-electron chi connectivity index (χ0n) is 10.6. The van der Waals surface area contributed by atoms with Gasteiger partial charge in [0, 0.05) is 18.4 Å². The molecule has 0 bridgehead atoms. The van der Waals surface area contributed by atoms with Crippen LogP contribution >= 0.6 is 0 Å². The van der Waals surface area contributed by atoms with E-state index in [1.165, 1.54) is 0 Å². The molecule has 2 aromatic heterocycles. The van der Waals surface area contributed by atoms with Gasteiger partial charge in [-0.3, -0.25) is 9.89 Å². The van der Waals surface area contributed by atoms with Crippen molar-refractivity contribution >= 4 is 22.6 Å². The van der Waals surface area contributed by atoms with Crippen LogP contribution in [0.2, 0.25) is 0 Å². The number of nitrogens with one attached hydrogen (secondary N) is 2. The Kier molecular flexibility index (Phi) is 2.56. The van der Waals surface area contributed by atoms with Crippen LogP contribution in [0.5, 0.6) is 0 Å².